The third-order valence-corrected chi connectivity index (χ3v) is 3.72. The minimum Gasteiger partial charge on any atom is -0.493 e. The van der Waals surface area contributed by atoms with Gasteiger partial charge in [0.2, 0.25) is 0 Å². The van der Waals surface area contributed by atoms with E-state index in [0.717, 1.165) is 5.56 Å². The molecule has 0 aromatic heterocycles. The summed E-state index contributed by atoms with van der Waals surface area (Å²) in [5, 5.41) is 11.7. The molecule has 1 aromatic rings. The van der Waals surface area contributed by atoms with Gasteiger partial charge in [-0.15, -0.1) is 0 Å². The summed E-state index contributed by atoms with van der Waals surface area (Å²) >= 11 is 0. The highest BCUT2D eigenvalue weighted by atomic mass is 16.5. The van der Waals surface area contributed by atoms with E-state index in [1.807, 2.05) is 6.07 Å². The van der Waals surface area contributed by atoms with Crippen molar-refractivity contribution in [2.24, 2.45) is 5.92 Å². The van der Waals surface area contributed by atoms with Crippen LogP contribution in [0.5, 0.6) is 11.5 Å². The number of likely N-dealkylation sites (tertiary alicyclic amines) is 1. The lowest BCUT2D eigenvalue weighted by molar-refractivity contribution is -0.141. The first-order valence-corrected chi connectivity index (χ1v) is 7.01. The number of nitrogens with zero attached hydrogens (tertiary/aromatic N) is 1. The number of ether oxygens (including phenoxy) is 2. The molecule has 2 rings (SSSR count). The second-order valence-electron chi connectivity index (χ2n) is 5.12. The maximum atomic E-state index is 12.0. The second-order valence-corrected chi connectivity index (χ2v) is 5.12. The minimum atomic E-state index is -0.852. The van der Waals surface area contributed by atoms with Crippen LogP contribution in [0.25, 0.3) is 0 Å². The zero-order valence-corrected chi connectivity index (χ0v) is 12.7. The summed E-state index contributed by atoms with van der Waals surface area (Å²) in [6.07, 6.45) is 0.499. The van der Waals surface area contributed by atoms with Crippen molar-refractivity contribution in [3.63, 3.8) is 0 Å². The standard InChI is InChI=1S/C15H20N2O5/c1-21-12-4-3-10(7-13(12)22-2)8-16-15(20)17-6-5-11(9-17)14(18)19/h3-4,7,11H,5-6,8-9H2,1-2H3,(H,16,20)(H,18,19). The van der Waals surface area contributed by atoms with Crippen LogP contribution in [-0.2, 0) is 11.3 Å². The summed E-state index contributed by atoms with van der Waals surface area (Å²) in [5.41, 5.74) is 0.875. The van der Waals surface area contributed by atoms with Gasteiger partial charge in [-0.1, -0.05) is 6.07 Å². The number of aliphatic carboxylic acids is 1. The zero-order valence-electron chi connectivity index (χ0n) is 12.7. The quantitative estimate of drug-likeness (QED) is 0.856. The third kappa shape index (κ3) is 3.60. The van der Waals surface area contributed by atoms with E-state index in [1.54, 1.807) is 26.4 Å². The molecule has 1 aliphatic rings. The first kappa shape index (κ1) is 15.9. The average Bonchev–Trinajstić information content (AvgIpc) is 3.02. The molecule has 0 aliphatic carbocycles. The number of carboxylic acid groups (broad SMARTS) is 1. The molecule has 0 radical (unpaired) electrons. The maximum absolute atomic E-state index is 12.0. The van der Waals surface area contributed by atoms with Crippen LogP contribution in [0.4, 0.5) is 4.79 Å². The van der Waals surface area contributed by atoms with Gasteiger partial charge < -0.3 is 24.8 Å². The van der Waals surface area contributed by atoms with Crippen molar-refractivity contribution in [2.75, 3.05) is 27.3 Å². The molecule has 1 saturated heterocycles. The van der Waals surface area contributed by atoms with Gasteiger partial charge in [0, 0.05) is 19.6 Å². The highest BCUT2D eigenvalue weighted by molar-refractivity contribution is 5.77. The van der Waals surface area contributed by atoms with Crippen molar-refractivity contribution >= 4 is 12.0 Å². The fraction of sp³-hybridized carbons (Fsp3) is 0.467. The summed E-state index contributed by atoms with van der Waals surface area (Å²) < 4.78 is 10.4. The highest BCUT2D eigenvalue weighted by Crippen LogP contribution is 2.27. The summed E-state index contributed by atoms with van der Waals surface area (Å²) in [4.78, 5) is 24.5. The van der Waals surface area contributed by atoms with Gasteiger partial charge in [0.15, 0.2) is 11.5 Å². The monoisotopic (exact) mass is 308 g/mol. The number of amides is 2. The first-order chi connectivity index (χ1) is 10.5. The second kappa shape index (κ2) is 7.02. The van der Waals surface area contributed by atoms with Gasteiger partial charge in [-0.2, -0.15) is 0 Å². The Morgan fingerprint density at radius 2 is 2.05 bits per heavy atom. The van der Waals surface area contributed by atoms with Crippen molar-refractivity contribution in [1.82, 2.24) is 10.2 Å². The van der Waals surface area contributed by atoms with Gasteiger partial charge in [0.1, 0.15) is 0 Å². The van der Waals surface area contributed by atoms with E-state index in [-0.39, 0.29) is 12.6 Å². The van der Waals surface area contributed by atoms with E-state index in [4.69, 9.17) is 14.6 Å². The van der Waals surface area contributed by atoms with Crippen LogP contribution in [0.2, 0.25) is 0 Å². The molecule has 1 heterocycles. The fourth-order valence-electron chi connectivity index (χ4n) is 2.43. The lowest BCUT2D eigenvalue weighted by Gasteiger charge is -2.17. The summed E-state index contributed by atoms with van der Waals surface area (Å²) in [6.45, 7) is 1.06. The van der Waals surface area contributed by atoms with E-state index >= 15 is 0 Å². The van der Waals surface area contributed by atoms with Crippen LogP contribution in [0, 0.1) is 5.92 Å². The molecule has 2 N–H and O–H groups in total. The number of carbonyl (C=O) groups excluding carboxylic acids is 1. The molecule has 22 heavy (non-hydrogen) atoms. The Bertz CT molecular complexity index is 561. The van der Waals surface area contributed by atoms with Crippen LogP contribution >= 0.6 is 0 Å². The molecule has 1 fully saturated rings. The molecule has 7 heteroatoms. The topological polar surface area (TPSA) is 88.1 Å². The number of carboxylic acids is 1. The van der Waals surface area contributed by atoms with Gasteiger partial charge >= 0.3 is 12.0 Å². The molecule has 1 aliphatic heterocycles. The van der Waals surface area contributed by atoms with Crippen molar-refractivity contribution < 1.29 is 24.2 Å². The van der Waals surface area contributed by atoms with Gasteiger partial charge in [-0.3, -0.25) is 4.79 Å². The number of urea groups is 1. The number of hydrogen-bond acceptors (Lipinski definition) is 4. The Morgan fingerprint density at radius 1 is 1.32 bits per heavy atom. The van der Waals surface area contributed by atoms with E-state index in [9.17, 15) is 9.59 Å². The number of rotatable bonds is 5. The molecule has 1 unspecified atom stereocenters. The largest absolute Gasteiger partial charge is 0.493 e. The van der Waals surface area contributed by atoms with Crippen molar-refractivity contribution in [3.8, 4) is 11.5 Å². The van der Waals surface area contributed by atoms with Crippen LogP contribution in [-0.4, -0.2) is 49.3 Å². The molecule has 1 atom stereocenters. The molecule has 0 saturated carbocycles. The normalized spacial score (nSPS) is 17.2. The fourth-order valence-corrected chi connectivity index (χ4v) is 2.43. The lowest BCUT2D eigenvalue weighted by Crippen LogP contribution is -2.38. The van der Waals surface area contributed by atoms with Crippen LogP contribution < -0.4 is 14.8 Å². The molecule has 120 valence electrons. The summed E-state index contributed by atoms with van der Waals surface area (Å²) in [6, 6.07) is 5.16. The molecule has 0 spiro atoms. The Balaban J connectivity index is 1.90. The van der Waals surface area contributed by atoms with Crippen molar-refractivity contribution in [3.05, 3.63) is 23.8 Å². The molecule has 0 bridgehead atoms. The minimum absolute atomic E-state index is 0.251. The summed E-state index contributed by atoms with van der Waals surface area (Å²) in [7, 11) is 3.11. The SMILES string of the molecule is COc1ccc(CNC(=O)N2CCC(C(=O)O)C2)cc1OC. The summed E-state index contributed by atoms with van der Waals surface area (Å²) in [5.74, 6) is -0.0928. The number of benzene rings is 1. The molecule has 1 aromatic carbocycles. The van der Waals surface area contributed by atoms with Gasteiger partial charge in [0.25, 0.3) is 0 Å². The third-order valence-electron chi connectivity index (χ3n) is 3.72. The van der Waals surface area contributed by atoms with Crippen molar-refractivity contribution in [1.29, 1.82) is 0 Å². The zero-order chi connectivity index (χ0) is 16.1. The van der Waals surface area contributed by atoms with Crippen LogP contribution in [0.1, 0.15) is 12.0 Å². The molecular weight excluding hydrogens is 288 g/mol. The lowest BCUT2D eigenvalue weighted by atomic mass is 10.1. The van der Waals surface area contributed by atoms with E-state index in [2.05, 4.69) is 5.32 Å². The number of carbonyl (C=O) groups is 2. The number of nitrogens with one attached hydrogen (secondary N) is 1. The molecule has 7 nitrogen and oxygen atoms in total. The first-order valence-electron chi connectivity index (χ1n) is 7.01. The van der Waals surface area contributed by atoms with Gasteiger partial charge in [-0.05, 0) is 24.1 Å². The van der Waals surface area contributed by atoms with Gasteiger partial charge in [-0.25, -0.2) is 4.79 Å². The smallest absolute Gasteiger partial charge is 0.317 e. The van der Waals surface area contributed by atoms with Crippen molar-refractivity contribution in [2.45, 2.75) is 13.0 Å². The van der Waals surface area contributed by atoms with Crippen LogP contribution in [0.3, 0.4) is 0 Å². The molecular formula is C15H20N2O5. The van der Waals surface area contributed by atoms with Crippen LogP contribution in [0.15, 0.2) is 18.2 Å². The maximum Gasteiger partial charge on any atom is 0.317 e. The van der Waals surface area contributed by atoms with Gasteiger partial charge in [0.05, 0.1) is 20.1 Å². The van der Waals surface area contributed by atoms with E-state index < -0.39 is 11.9 Å². The average molecular weight is 308 g/mol. The Morgan fingerprint density at radius 3 is 2.64 bits per heavy atom. The predicted octanol–water partition coefficient (Wildman–Crippen LogP) is 1.32. The predicted molar refractivity (Wildman–Crippen MR) is 79.1 cm³/mol. The highest BCUT2D eigenvalue weighted by Gasteiger charge is 2.30. The Labute approximate surface area is 128 Å². The number of methoxy groups -OCH3 is 2. The number of hydrogen-bond donors (Lipinski definition) is 2. The van der Waals surface area contributed by atoms with E-state index in [0.29, 0.717) is 31.0 Å². The molecule has 2 amide bonds. The Kier molecular flexibility index (Phi) is 5.08. The Hall–Kier alpha value is -2.44. The van der Waals surface area contributed by atoms with E-state index in [1.165, 1.54) is 4.90 Å².